The molecule has 2 N–H and O–H groups in total. The van der Waals surface area contributed by atoms with Crippen molar-refractivity contribution in [3.63, 3.8) is 0 Å². The number of amides is 3. The van der Waals surface area contributed by atoms with E-state index in [1.165, 1.54) is 11.0 Å². The Hall–Kier alpha value is -4.30. The predicted octanol–water partition coefficient (Wildman–Crippen LogP) is 4.22. The molecule has 3 aliphatic heterocycles. The van der Waals surface area contributed by atoms with Gasteiger partial charge in [0.15, 0.2) is 0 Å². The summed E-state index contributed by atoms with van der Waals surface area (Å²) < 4.78 is 21.2. The summed E-state index contributed by atoms with van der Waals surface area (Å²) in [6, 6.07) is 19.9. The third-order valence-corrected chi connectivity index (χ3v) is 8.12. The maximum atomic E-state index is 14.9. The largest absolute Gasteiger partial charge is 0.360 e. The van der Waals surface area contributed by atoms with Crippen LogP contribution in [0.5, 0.6) is 0 Å². The van der Waals surface area contributed by atoms with Crippen LogP contribution in [0, 0.1) is 31.5 Å². The topological polar surface area (TPSA) is 87.7 Å². The van der Waals surface area contributed by atoms with Crippen LogP contribution in [0.1, 0.15) is 28.3 Å². The van der Waals surface area contributed by atoms with Crippen molar-refractivity contribution in [1.29, 1.82) is 0 Å². The molecule has 1 spiro atoms. The van der Waals surface area contributed by atoms with Crippen molar-refractivity contribution in [3.8, 4) is 0 Å². The summed E-state index contributed by atoms with van der Waals surface area (Å²) in [5.41, 5.74) is 2.36. The van der Waals surface area contributed by atoms with E-state index in [4.69, 9.17) is 4.74 Å². The van der Waals surface area contributed by atoms with Crippen LogP contribution in [0.3, 0.4) is 0 Å². The summed E-state index contributed by atoms with van der Waals surface area (Å²) in [5, 5.41) is 5.91. The first-order valence-corrected chi connectivity index (χ1v) is 13.4. The first-order chi connectivity index (χ1) is 19.3. The number of benzene rings is 3. The van der Waals surface area contributed by atoms with E-state index in [1.54, 1.807) is 42.5 Å². The zero-order valence-corrected chi connectivity index (χ0v) is 22.3. The molecule has 3 aromatic rings. The first kappa shape index (κ1) is 26.0. The molecule has 204 valence electrons. The number of fused-ring (bicyclic) bond motifs is 1. The van der Waals surface area contributed by atoms with Crippen LogP contribution in [-0.2, 0) is 25.7 Å². The molecule has 0 radical (unpaired) electrons. The second-order valence-corrected chi connectivity index (χ2v) is 10.8. The van der Waals surface area contributed by atoms with Gasteiger partial charge in [-0.05, 0) is 37.6 Å². The van der Waals surface area contributed by atoms with Gasteiger partial charge in [-0.2, -0.15) is 0 Å². The van der Waals surface area contributed by atoms with Crippen LogP contribution in [0.4, 0.5) is 10.1 Å². The highest BCUT2D eigenvalue weighted by atomic mass is 19.1. The molecule has 0 aromatic heterocycles. The number of nitrogens with one attached hydrogen (secondary N) is 2. The summed E-state index contributed by atoms with van der Waals surface area (Å²) >= 11 is 0. The molecule has 0 aliphatic carbocycles. The highest BCUT2D eigenvalue weighted by molar-refractivity contribution is 6.00. The van der Waals surface area contributed by atoms with Gasteiger partial charge >= 0.3 is 0 Å². The summed E-state index contributed by atoms with van der Waals surface area (Å²) in [6.07, 6.45) is 2.93. The molecule has 0 unspecified atom stereocenters. The minimum atomic E-state index is -1.18. The standard InChI is InChI=1S/C32H30FN3O4/c1-19-7-11-21(12-8-19)28-30(38)34-18-32-16-15-25(40-32)26(29(37)35-23-13-9-20(2)10-14-23)27(32)31(39)36(28)17-22-5-3-4-6-24(22)33/h3-16,25-28H,17-18H2,1-2H3,(H,34,38)(H,35,37)/t25-,26-,27-,28+,32+/m1/s1. The number of halogens is 1. The van der Waals surface area contributed by atoms with Gasteiger partial charge in [0.25, 0.3) is 0 Å². The van der Waals surface area contributed by atoms with E-state index < -0.39 is 47.2 Å². The Morgan fingerprint density at radius 1 is 1.02 bits per heavy atom. The molecule has 3 aromatic carbocycles. The number of aryl methyl sites for hydroxylation is 2. The van der Waals surface area contributed by atoms with Gasteiger partial charge in [0.2, 0.25) is 17.7 Å². The average Bonchev–Trinajstić information content (AvgIpc) is 3.51. The maximum Gasteiger partial charge on any atom is 0.247 e. The van der Waals surface area contributed by atoms with Crippen molar-refractivity contribution in [1.82, 2.24) is 10.2 Å². The number of nitrogens with zero attached hydrogens (tertiary/aromatic N) is 1. The molecule has 2 saturated heterocycles. The molecule has 2 bridgehead atoms. The van der Waals surface area contributed by atoms with Crippen molar-refractivity contribution >= 4 is 23.4 Å². The molecule has 5 atom stereocenters. The summed E-state index contributed by atoms with van der Waals surface area (Å²) in [7, 11) is 0. The van der Waals surface area contributed by atoms with Gasteiger partial charge in [0.1, 0.15) is 17.5 Å². The molecular formula is C32H30FN3O4. The minimum absolute atomic E-state index is 0.0411. The number of hydrogen-bond donors (Lipinski definition) is 2. The van der Waals surface area contributed by atoms with E-state index in [-0.39, 0.29) is 24.6 Å². The van der Waals surface area contributed by atoms with E-state index in [1.807, 2.05) is 50.2 Å². The molecule has 7 nitrogen and oxygen atoms in total. The second-order valence-electron chi connectivity index (χ2n) is 10.8. The Morgan fingerprint density at radius 3 is 2.40 bits per heavy atom. The fourth-order valence-corrected chi connectivity index (χ4v) is 6.02. The summed E-state index contributed by atoms with van der Waals surface area (Å²) in [4.78, 5) is 43.4. The van der Waals surface area contributed by atoms with Gasteiger partial charge < -0.3 is 20.3 Å². The molecular weight excluding hydrogens is 509 g/mol. The average molecular weight is 540 g/mol. The third kappa shape index (κ3) is 4.48. The molecule has 3 heterocycles. The second kappa shape index (κ2) is 10.0. The van der Waals surface area contributed by atoms with Crippen molar-refractivity contribution < 1.29 is 23.5 Å². The van der Waals surface area contributed by atoms with E-state index in [2.05, 4.69) is 10.6 Å². The zero-order valence-electron chi connectivity index (χ0n) is 22.3. The fourth-order valence-electron chi connectivity index (χ4n) is 6.02. The first-order valence-electron chi connectivity index (χ1n) is 13.4. The number of hydrogen-bond acceptors (Lipinski definition) is 4. The Bertz CT molecular complexity index is 1500. The van der Waals surface area contributed by atoms with Gasteiger partial charge in [0.05, 0.1) is 24.5 Å². The number of ether oxygens (including phenoxy) is 1. The minimum Gasteiger partial charge on any atom is -0.360 e. The Labute approximate surface area is 232 Å². The lowest BCUT2D eigenvalue weighted by Crippen LogP contribution is -2.59. The van der Waals surface area contributed by atoms with Crippen LogP contribution in [0.25, 0.3) is 0 Å². The Kier molecular flexibility index (Phi) is 6.50. The lowest BCUT2D eigenvalue weighted by molar-refractivity contribution is -0.153. The maximum absolute atomic E-state index is 14.9. The van der Waals surface area contributed by atoms with Crippen molar-refractivity contribution in [2.75, 3.05) is 11.9 Å². The zero-order chi connectivity index (χ0) is 28.0. The van der Waals surface area contributed by atoms with Gasteiger partial charge in [-0.1, -0.05) is 77.9 Å². The number of carbonyl (C=O) groups excluding carboxylic acids is 3. The normalized spacial score (nSPS) is 27.1. The number of rotatable bonds is 5. The van der Waals surface area contributed by atoms with Crippen molar-refractivity contribution in [3.05, 3.63) is 113 Å². The number of anilines is 1. The SMILES string of the molecule is Cc1ccc(NC(=O)[C@@H]2[C@H]3C=C[C@@]4(CNC(=O)[C@H](c5ccc(C)cc5)N(Cc5ccccc5F)C(=O)[C@@H]24)O3)cc1. The molecule has 6 rings (SSSR count). The summed E-state index contributed by atoms with van der Waals surface area (Å²) in [6.45, 7) is 3.79. The smallest absolute Gasteiger partial charge is 0.247 e. The van der Waals surface area contributed by atoms with Crippen molar-refractivity contribution in [2.45, 2.75) is 38.1 Å². The van der Waals surface area contributed by atoms with E-state index in [9.17, 15) is 18.8 Å². The van der Waals surface area contributed by atoms with Crippen LogP contribution < -0.4 is 10.6 Å². The lowest BCUT2D eigenvalue weighted by Gasteiger charge is -2.42. The molecule has 0 saturated carbocycles. The Morgan fingerprint density at radius 2 is 1.70 bits per heavy atom. The quantitative estimate of drug-likeness (QED) is 0.476. The highest BCUT2D eigenvalue weighted by Gasteiger charge is 2.64. The van der Waals surface area contributed by atoms with E-state index in [0.717, 1.165) is 11.1 Å². The van der Waals surface area contributed by atoms with Crippen LogP contribution >= 0.6 is 0 Å². The van der Waals surface area contributed by atoms with Gasteiger partial charge in [-0.25, -0.2) is 4.39 Å². The molecule has 3 aliphatic rings. The number of carbonyl (C=O) groups is 3. The van der Waals surface area contributed by atoms with Crippen LogP contribution in [-0.4, -0.2) is 40.9 Å². The monoisotopic (exact) mass is 539 g/mol. The molecule has 2 fully saturated rings. The van der Waals surface area contributed by atoms with Gasteiger partial charge in [-0.3, -0.25) is 14.4 Å². The van der Waals surface area contributed by atoms with Crippen LogP contribution in [0.15, 0.2) is 84.9 Å². The van der Waals surface area contributed by atoms with Gasteiger partial charge in [-0.15, -0.1) is 0 Å². The fraction of sp³-hybridized carbons (Fsp3) is 0.281. The molecule has 3 amide bonds. The molecule has 8 heteroatoms. The van der Waals surface area contributed by atoms with Crippen LogP contribution in [0.2, 0.25) is 0 Å². The molecule has 40 heavy (non-hydrogen) atoms. The predicted molar refractivity (Wildman–Crippen MR) is 147 cm³/mol. The Balaban J connectivity index is 1.42. The van der Waals surface area contributed by atoms with Gasteiger partial charge in [0, 0.05) is 17.8 Å². The highest BCUT2D eigenvalue weighted by Crippen LogP contribution is 2.50. The third-order valence-electron chi connectivity index (χ3n) is 8.12. The lowest BCUT2D eigenvalue weighted by atomic mass is 9.73. The van der Waals surface area contributed by atoms with E-state index >= 15 is 0 Å². The van der Waals surface area contributed by atoms with E-state index in [0.29, 0.717) is 11.3 Å². The van der Waals surface area contributed by atoms with Crippen molar-refractivity contribution in [2.24, 2.45) is 11.8 Å². The summed E-state index contributed by atoms with van der Waals surface area (Å²) in [5.74, 6) is -3.41.